The van der Waals surface area contributed by atoms with Gasteiger partial charge in [0.25, 0.3) is 0 Å². The Hall–Kier alpha value is -0.770. The Morgan fingerprint density at radius 2 is 2.25 bits per heavy atom. The van der Waals surface area contributed by atoms with Gasteiger partial charge in [-0.3, -0.25) is 0 Å². The Morgan fingerprint density at radius 3 is 2.38 bits per heavy atom. The van der Waals surface area contributed by atoms with Gasteiger partial charge < -0.3 is 4.79 Å². The molecule has 0 saturated heterocycles. The Bertz CT molecular complexity index is 117. The van der Waals surface area contributed by atoms with Crippen molar-refractivity contribution in [2.75, 3.05) is 0 Å². The van der Waals surface area contributed by atoms with Gasteiger partial charge in [-0.05, 0) is 0 Å². The third-order valence-corrected chi connectivity index (χ3v) is 0.877. The van der Waals surface area contributed by atoms with E-state index in [0.29, 0.717) is 6.42 Å². The van der Waals surface area contributed by atoms with Crippen LogP contribution in [0.25, 0.3) is 0 Å². The maximum atomic E-state index is 10.1. The molecule has 0 aliphatic carbocycles. The summed E-state index contributed by atoms with van der Waals surface area (Å²) in [4.78, 5) is 10.1. The van der Waals surface area contributed by atoms with Crippen molar-refractivity contribution in [3.63, 3.8) is 0 Å². The first-order chi connectivity index (χ1) is 3.62. The van der Waals surface area contributed by atoms with E-state index in [1.807, 2.05) is 13.8 Å². The summed E-state index contributed by atoms with van der Waals surface area (Å²) in [7, 11) is 0. The number of hydrogen-bond donors (Lipinski definition) is 0. The van der Waals surface area contributed by atoms with E-state index < -0.39 is 0 Å². The number of aldehydes is 1. The lowest BCUT2D eigenvalue weighted by atomic mass is 9.92. The van der Waals surface area contributed by atoms with Crippen LogP contribution in [0.4, 0.5) is 0 Å². The first kappa shape index (κ1) is 7.23. The molecule has 0 spiro atoms. The summed E-state index contributed by atoms with van der Waals surface area (Å²) in [5.41, 5.74) is -0.325. The molecular weight excluding hydrogens is 100 g/mol. The number of terminal acetylenes is 1. The Kier molecular flexibility index (Phi) is 2.27. The molecule has 0 aliphatic heterocycles. The third-order valence-electron chi connectivity index (χ3n) is 0.877. The molecule has 8 heavy (non-hydrogen) atoms. The molecule has 0 N–H and O–H groups in total. The molecule has 0 saturated carbocycles. The van der Waals surface area contributed by atoms with Gasteiger partial charge >= 0.3 is 0 Å². The van der Waals surface area contributed by atoms with E-state index in [0.717, 1.165) is 6.29 Å². The molecular formula is C7H10O. The predicted molar refractivity (Wildman–Crippen MR) is 33.3 cm³/mol. The van der Waals surface area contributed by atoms with E-state index in [4.69, 9.17) is 6.42 Å². The lowest BCUT2D eigenvalue weighted by Gasteiger charge is -2.10. The SMILES string of the molecule is C#CCC(C)(C)C=O. The van der Waals surface area contributed by atoms with Gasteiger partial charge in [-0.15, -0.1) is 12.3 Å². The van der Waals surface area contributed by atoms with Crippen molar-refractivity contribution in [3.05, 3.63) is 0 Å². The van der Waals surface area contributed by atoms with Gasteiger partial charge in [0, 0.05) is 11.8 Å². The highest BCUT2D eigenvalue weighted by molar-refractivity contribution is 5.58. The Labute approximate surface area is 50.1 Å². The quantitative estimate of drug-likeness (QED) is 0.386. The van der Waals surface area contributed by atoms with Gasteiger partial charge in [0.05, 0.1) is 0 Å². The summed E-state index contributed by atoms with van der Waals surface area (Å²) in [5, 5.41) is 0. The molecule has 0 rings (SSSR count). The van der Waals surface area contributed by atoms with E-state index >= 15 is 0 Å². The summed E-state index contributed by atoms with van der Waals surface area (Å²) >= 11 is 0. The second-order valence-electron chi connectivity index (χ2n) is 2.49. The number of carbonyl (C=O) groups is 1. The molecule has 0 aromatic carbocycles. The van der Waals surface area contributed by atoms with Crippen LogP contribution in [0.15, 0.2) is 0 Å². The van der Waals surface area contributed by atoms with Crippen molar-refractivity contribution in [2.45, 2.75) is 20.3 Å². The second-order valence-corrected chi connectivity index (χ2v) is 2.49. The summed E-state index contributed by atoms with van der Waals surface area (Å²) in [6, 6.07) is 0. The highest BCUT2D eigenvalue weighted by Crippen LogP contribution is 2.14. The predicted octanol–water partition coefficient (Wildman–Crippen LogP) is 1.23. The minimum atomic E-state index is -0.325. The highest BCUT2D eigenvalue weighted by atomic mass is 16.1. The van der Waals surface area contributed by atoms with E-state index in [9.17, 15) is 4.79 Å². The van der Waals surface area contributed by atoms with Gasteiger partial charge in [-0.25, -0.2) is 0 Å². The maximum absolute atomic E-state index is 10.1. The maximum Gasteiger partial charge on any atom is 0.126 e. The molecule has 1 nitrogen and oxygen atoms in total. The van der Waals surface area contributed by atoms with E-state index in [2.05, 4.69) is 5.92 Å². The van der Waals surface area contributed by atoms with Crippen LogP contribution in [0.5, 0.6) is 0 Å². The lowest BCUT2D eigenvalue weighted by molar-refractivity contribution is -0.114. The van der Waals surface area contributed by atoms with Gasteiger partial charge in [0.1, 0.15) is 6.29 Å². The zero-order chi connectivity index (χ0) is 6.62. The van der Waals surface area contributed by atoms with E-state index in [1.54, 1.807) is 0 Å². The van der Waals surface area contributed by atoms with Crippen LogP contribution in [-0.4, -0.2) is 6.29 Å². The molecule has 0 radical (unpaired) electrons. The van der Waals surface area contributed by atoms with Crippen molar-refractivity contribution in [1.82, 2.24) is 0 Å². The van der Waals surface area contributed by atoms with Crippen LogP contribution < -0.4 is 0 Å². The molecule has 0 bridgehead atoms. The summed E-state index contributed by atoms with van der Waals surface area (Å²) in [6.45, 7) is 3.64. The van der Waals surface area contributed by atoms with Crippen LogP contribution in [0, 0.1) is 17.8 Å². The summed E-state index contributed by atoms with van der Waals surface area (Å²) in [6.07, 6.45) is 6.39. The zero-order valence-electron chi connectivity index (χ0n) is 5.27. The fraction of sp³-hybridized carbons (Fsp3) is 0.571. The molecule has 0 aromatic rings. The van der Waals surface area contributed by atoms with Gasteiger partial charge in [-0.2, -0.15) is 0 Å². The molecule has 0 aliphatic rings. The number of rotatable bonds is 2. The van der Waals surface area contributed by atoms with Crippen LogP contribution in [0.2, 0.25) is 0 Å². The molecule has 44 valence electrons. The third kappa shape index (κ3) is 2.41. The highest BCUT2D eigenvalue weighted by Gasteiger charge is 2.13. The second kappa shape index (κ2) is 2.52. The smallest absolute Gasteiger partial charge is 0.126 e. The van der Waals surface area contributed by atoms with Crippen molar-refractivity contribution in [1.29, 1.82) is 0 Å². The normalized spacial score (nSPS) is 10.1. The van der Waals surface area contributed by atoms with Gasteiger partial charge in [0.2, 0.25) is 0 Å². The topological polar surface area (TPSA) is 17.1 Å². The lowest BCUT2D eigenvalue weighted by Crippen LogP contribution is -2.10. The fourth-order valence-corrected chi connectivity index (χ4v) is 0.305. The standard InChI is InChI=1S/C7H10O/c1-4-5-7(2,3)6-8/h1,6H,5H2,2-3H3. The largest absolute Gasteiger partial charge is 0.303 e. The molecule has 0 aromatic heterocycles. The average Bonchev–Trinajstić information content (AvgIpc) is 1.67. The minimum Gasteiger partial charge on any atom is -0.303 e. The molecule has 0 fully saturated rings. The summed E-state index contributed by atoms with van der Waals surface area (Å²) < 4.78 is 0. The Morgan fingerprint density at radius 1 is 1.75 bits per heavy atom. The van der Waals surface area contributed by atoms with E-state index in [-0.39, 0.29) is 5.41 Å². The average molecular weight is 110 g/mol. The molecule has 0 atom stereocenters. The van der Waals surface area contributed by atoms with Crippen LogP contribution in [0.3, 0.4) is 0 Å². The van der Waals surface area contributed by atoms with Crippen molar-refractivity contribution in [3.8, 4) is 12.3 Å². The van der Waals surface area contributed by atoms with Crippen LogP contribution >= 0.6 is 0 Å². The fourth-order valence-electron chi connectivity index (χ4n) is 0.305. The first-order valence-electron chi connectivity index (χ1n) is 2.52. The van der Waals surface area contributed by atoms with Gasteiger partial charge in [-0.1, -0.05) is 13.8 Å². The van der Waals surface area contributed by atoms with Crippen molar-refractivity contribution >= 4 is 6.29 Å². The van der Waals surface area contributed by atoms with Gasteiger partial charge in [0.15, 0.2) is 0 Å². The zero-order valence-corrected chi connectivity index (χ0v) is 5.27. The first-order valence-corrected chi connectivity index (χ1v) is 2.52. The monoisotopic (exact) mass is 110 g/mol. The number of hydrogen-bond acceptors (Lipinski definition) is 1. The Balaban J connectivity index is 3.76. The van der Waals surface area contributed by atoms with E-state index in [1.165, 1.54) is 0 Å². The van der Waals surface area contributed by atoms with Crippen LogP contribution in [-0.2, 0) is 4.79 Å². The van der Waals surface area contributed by atoms with Crippen molar-refractivity contribution < 1.29 is 4.79 Å². The molecule has 0 unspecified atom stereocenters. The molecule has 1 heteroatoms. The molecule has 0 heterocycles. The van der Waals surface area contributed by atoms with Crippen LogP contribution in [0.1, 0.15) is 20.3 Å². The van der Waals surface area contributed by atoms with Crippen molar-refractivity contribution in [2.24, 2.45) is 5.41 Å². The summed E-state index contributed by atoms with van der Waals surface area (Å²) in [5.74, 6) is 2.43. The minimum absolute atomic E-state index is 0.325. The molecule has 0 amide bonds. The number of carbonyl (C=O) groups excluding carboxylic acids is 1.